The Kier molecular flexibility index (Phi) is 7.99. The summed E-state index contributed by atoms with van der Waals surface area (Å²) < 4.78 is 78.1. The van der Waals surface area contributed by atoms with Crippen LogP contribution in [0.5, 0.6) is 17.2 Å². The lowest BCUT2D eigenvalue weighted by molar-refractivity contribution is -0.0522. The maximum Gasteiger partial charge on any atom is 0.387 e. The Hall–Kier alpha value is -2.31. The quantitative estimate of drug-likeness (QED) is 0.367. The molecule has 2 aliphatic carbocycles. The normalized spacial score (nSPS) is 25.4. The monoisotopic (exact) mass is 482 g/mol. The lowest BCUT2D eigenvalue weighted by atomic mass is 9.68. The smallest absolute Gasteiger partial charge is 0.387 e. The van der Waals surface area contributed by atoms with Gasteiger partial charge in [-0.25, -0.2) is 13.2 Å². The number of ether oxygens (including phenoxy) is 2. The van der Waals surface area contributed by atoms with Gasteiger partial charge in [0.2, 0.25) is 0 Å². The van der Waals surface area contributed by atoms with Gasteiger partial charge in [-0.3, -0.25) is 0 Å². The molecular weight excluding hydrogens is 451 g/mol. The minimum atomic E-state index is -3.17. The SMILES string of the molecule is CCC1CCC(C2CCC(c3c(F)ccc(Oc4ccc(OC(F)F)c(F)c4)c3F)CC2)CC1. The van der Waals surface area contributed by atoms with E-state index < -0.39 is 29.8 Å². The molecule has 0 radical (unpaired) electrons. The maximum absolute atomic E-state index is 15.3. The van der Waals surface area contributed by atoms with Crippen molar-refractivity contribution in [1.82, 2.24) is 0 Å². The number of hydrogen-bond donors (Lipinski definition) is 0. The minimum absolute atomic E-state index is 0.0174. The van der Waals surface area contributed by atoms with Crippen molar-refractivity contribution < 1.29 is 31.4 Å². The fourth-order valence-electron chi connectivity index (χ4n) is 5.81. The van der Waals surface area contributed by atoms with Gasteiger partial charge in [0.1, 0.15) is 11.6 Å². The van der Waals surface area contributed by atoms with E-state index in [0.717, 1.165) is 61.8 Å². The molecule has 0 atom stereocenters. The predicted molar refractivity (Wildman–Crippen MR) is 120 cm³/mol. The second-order valence-corrected chi connectivity index (χ2v) is 9.65. The third kappa shape index (κ3) is 5.66. The first-order valence-electron chi connectivity index (χ1n) is 12.3. The van der Waals surface area contributed by atoms with Gasteiger partial charge in [0, 0.05) is 11.6 Å². The summed E-state index contributed by atoms with van der Waals surface area (Å²) >= 11 is 0. The minimum Gasteiger partial charge on any atom is -0.454 e. The Balaban J connectivity index is 1.43. The first-order chi connectivity index (χ1) is 16.4. The fraction of sp³-hybridized carbons (Fsp3) is 0.556. The lowest BCUT2D eigenvalue weighted by Crippen LogP contribution is -2.25. The molecule has 7 heteroatoms. The van der Waals surface area contributed by atoms with E-state index in [9.17, 15) is 17.6 Å². The molecule has 34 heavy (non-hydrogen) atoms. The largest absolute Gasteiger partial charge is 0.454 e. The second kappa shape index (κ2) is 11.0. The van der Waals surface area contributed by atoms with Crippen LogP contribution < -0.4 is 9.47 Å². The van der Waals surface area contributed by atoms with Crippen LogP contribution in [0.25, 0.3) is 0 Å². The van der Waals surface area contributed by atoms with E-state index in [2.05, 4.69) is 11.7 Å². The van der Waals surface area contributed by atoms with Crippen LogP contribution in [0, 0.1) is 35.2 Å². The van der Waals surface area contributed by atoms with Gasteiger partial charge in [0.25, 0.3) is 0 Å². The fourth-order valence-corrected chi connectivity index (χ4v) is 5.81. The van der Waals surface area contributed by atoms with E-state index in [0.29, 0.717) is 5.92 Å². The highest BCUT2D eigenvalue weighted by atomic mass is 19.3. The zero-order valence-electron chi connectivity index (χ0n) is 19.3. The molecule has 0 aromatic heterocycles. The third-order valence-electron chi connectivity index (χ3n) is 7.75. The number of halogens is 5. The van der Waals surface area contributed by atoms with Crippen molar-refractivity contribution in [2.24, 2.45) is 17.8 Å². The van der Waals surface area contributed by atoms with Crippen LogP contribution >= 0.6 is 0 Å². The van der Waals surface area contributed by atoms with E-state index in [4.69, 9.17) is 4.74 Å². The van der Waals surface area contributed by atoms with Crippen molar-refractivity contribution in [3.8, 4) is 17.2 Å². The lowest BCUT2D eigenvalue weighted by Gasteiger charge is -2.38. The van der Waals surface area contributed by atoms with Crippen molar-refractivity contribution in [2.45, 2.75) is 77.2 Å². The van der Waals surface area contributed by atoms with Gasteiger partial charge >= 0.3 is 6.61 Å². The van der Waals surface area contributed by atoms with Crippen molar-refractivity contribution >= 4 is 0 Å². The summed E-state index contributed by atoms with van der Waals surface area (Å²) in [5.41, 5.74) is 0.0174. The zero-order valence-corrected chi connectivity index (χ0v) is 19.3. The Morgan fingerprint density at radius 2 is 1.41 bits per heavy atom. The van der Waals surface area contributed by atoms with Crippen LogP contribution in [0.15, 0.2) is 30.3 Å². The van der Waals surface area contributed by atoms with Crippen molar-refractivity contribution in [1.29, 1.82) is 0 Å². The number of hydrogen-bond acceptors (Lipinski definition) is 2. The molecule has 0 spiro atoms. The molecule has 2 nitrogen and oxygen atoms in total. The van der Waals surface area contributed by atoms with Crippen molar-refractivity contribution in [3.05, 3.63) is 53.3 Å². The van der Waals surface area contributed by atoms with Gasteiger partial charge in [-0.1, -0.05) is 26.2 Å². The van der Waals surface area contributed by atoms with Crippen LogP contribution in [0.1, 0.15) is 76.2 Å². The predicted octanol–water partition coefficient (Wildman–Crippen LogP) is 8.99. The number of rotatable bonds is 7. The van der Waals surface area contributed by atoms with Gasteiger partial charge in [0.15, 0.2) is 23.1 Å². The van der Waals surface area contributed by atoms with Crippen LogP contribution in [0.4, 0.5) is 22.0 Å². The molecule has 0 heterocycles. The summed E-state index contributed by atoms with van der Waals surface area (Å²) in [5, 5.41) is 0. The summed E-state index contributed by atoms with van der Waals surface area (Å²) in [6, 6.07) is 5.33. The van der Waals surface area contributed by atoms with Crippen LogP contribution in [-0.4, -0.2) is 6.61 Å². The third-order valence-corrected chi connectivity index (χ3v) is 7.75. The molecule has 2 aromatic carbocycles. The summed E-state index contributed by atoms with van der Waals surface area (Å²) in [7, 11) is 0. The van der Waals surface area contributed by atoms with Gasteiger partial charge in [0.05, 0.1) is 0 Å². The molecule has 2 aliphatic rings. The van der Waals surface area contributed by atoms with Crippen molar-refractivity contribution in [3.63, 3.8) is 0 Å². The maximum atomic E-state index is 15.3. The first kappa shape index (κ1) is 24.8. The highest BCUT2D eigenvalue weighted by molar-refractivity contribution is 5.40. The molecule has 2 saturated carbocycles. The summed E-state index contributed by atoms with van der Waals surface area (Å²) in [6.07, 6.45) is 9.73. The highest BCUT2D eigenvalue weighted by Gasteiger charge is 2.33. The van der Waals surface area contributed by atoms with E-state index in [1.54, 1.807) is 0 Å². The van der Waals surface area contributed by atoms with E-state index in [1.807, 2.05) is 0 Å². The molecule has 0 aliphatic heterocycles. The molecule has 2 fully saturated rings. The van der Waals surface area contributed by atoms with Gasteiger partial charge in [-0.15, -0.1) is 0 Å². The van der Waals surface area contributed by atoms with Gasteiger partial charge in [-0.2, -0.15) is 8.78 Å². The zero-order chi connectivity index (χ0) is 24.2. The van der Waals surface area contributed by atoms with Crippen molar-refractivity contribution in [2.75, 3.05) is 0 Å². The average Bonchev–Trinajstić information content (AvgIpc) is 2.83. The Morgan fingerprint density at radius 1 is 0.794 bits per heavy atom. The Bertz CT molecular complexity index is 964. The van der Waals surface area contributed by atoms with Crippen LogP contribution in [0.2, 0.25) is 0 Å². The van der Waals surface area contributed by atoms with Crippen LogP contribution in [-0.2, 0) is 0 Å². The topological polar surface area (TPSA) is 18.5 Å². The molecule has 4 rings (SSSR count). The first-order valence-corrected chi connectivity index (χ1v) is 12.3. The molecule has 0 unspecified atom stereocenters. The molecule has 0 N–H and O–H groups in total. The van der Waals surface area contributed by atoms with Crippen LogP contribution in [0.3, 0.4) is 0 Å². The van der Waals surface area contributed by atoms with Gasteiger partial charge in [-0.05, 0) is 86.5 Å². The summed E-state index contributed by atoms with van der Waals surface area (Å²) in [4.78, 5) is 0. The van der Waals surface area contributed by atoms with Gasteiger partial charge < -0.3 is 9.47 Å². The molecule has 0 saturated heterocycles. The Morgan fingerprint density at radius 3 is 2.00 bits per heavy atom. The van der Waals surface area contributed by atoms with E-state index >= 15 is 4.39 Å². The molecular formula is C27H31F5O2. The second-order valence-electron chi connectivity index (χ2n) is 9.65. The summed E-state index contributed by atoms with van der Waals surface area (Å²) in [5.74, 6) is -1.46. The molecule has 2 aromatic rings. The van der Waals surface area contributed by atoms with E-state index in [1.165, 1.54) is 38.2 Å². The molecule has 0 bridgehead atoms. The number of alkyl halides is 2. The number of benzene rings is 2. The standard InChI is InChI=1S/C27H31F5O2/c1-2-16-3-5-17(6-4-16)18-7-9-19(10-8-18)25-21(28)12-14-24(26(25)30)33-20-11-13-23(22(29)15-20)34-27(31)32/h11-19,27H,2-10H2,1H3. The van der Waals surface area contributed by atoms with E-state index in [-0.39, 0.29) is 23.0 Å². The molecule has 0 amide bonds. The Labute approximate surface area is 197 Å². The highest BCUT2D eigenvalue weighted by Crippen LogP contribution is 2.46. The molecule has 186 valence electrons. The average molecular weight is 483 g/mol. The summed E-state index contributed by atoms with van der Waals surface area (Å²) in [6.45, 7) is -0.912.